The molecule has 0 aliphatic heterocycles. The smallest absolute Gasteiger partial charge is 0.389 e. The number of rotatable bonds is 10. The van der Waals surface area contributed by atoms with E-state index in [9.17, 15) is 18.0 Å². The van der Waals surface area contributed by atoms with E-state index in [2.05, 4.69) is 4.74 Å². The lowest BCUT2D eigenvalue weighted by molar-refractivity contribution is -0.140. The normalized spacial score (nSPS) is 11.6. The first-order valence-electron chi connectivity index (χ1n) is 6.59. The molecular weight excluding hydrogens is 245 g/mol. The van der Waals surface area contributed by atoms with Crippen LogP contribution in [0.5, 0.6) is 0 Å². The largest absolute Gasteiger partial charge is 0.469 e. The molecular formula is C13H23F3O2. The fourth-order valence-corrected chi connectivity index (χ4v) is 1.76. The van der Waals surface area contributed by atoms with Gasteiger partial charge in [-0.25, -0.2) is 0 Å². The van der Waals surface area contributed by atoms with Crippen LogP contribution in [0.4, 0.5) is 13.2 Å². The fourth-order valence-electron chi connectivity index (χ4n) is 1.76. The van der Waals surface area contributed by atoms with Crippen molar-refractivity contribution in [1.82, 2.24) is 0 Å². The third-order valence-electron chi connectivity index (χ3n) is 2.82. The highest BCUT2D eigenvalue weighted by Crippen LogP contribution is 2.23. The number of ether oxygens (including phenoxy) is 1. The number of carbonyl (C=O) groups excluding carboxylic acids is 1. The van der Waals surface area contributed by atoms with Gasteiger partial charge in [0.05, 0.1) is 7.11 Å². The molecule has 0 fully saturated rings. The van der Waals surface area contributed by atoms with E-state index in [0.29, 0.717) is 12.8 Å². The number of carbonyl (C=O) groups is 1. The lowest BCUT2D eigenvalue weighted by Gasteiger charge is -2.05. The van der Waals surface area contributed by atoms with Crippen LogP contribution in [0.25, 0.3) is 0 Å². The Balaban J connectivity index is 3.10. The number of hydrogen-bond donors (Lipinski definition) is 0. The molecule has 0 atom stereocenters. The van der Waals surface area contributed by atoms with E-state index in [4.69, 9.17) is 0 Å². The van der Waals surface area contributed by atoms with Gasteiger partial charge in [-0.15, -0.1) is 0 Å². The Hall–Kier alpha value is -0.740. The van der Waals surface area contributed by atoms with Gasteiger partial charge in [0.2, 0.25) is 0 Å². The SMILES string of the molecule is COC(=O)CCCCCCCCCCC(F)(F)F. The van der Waals surface area contributed by atoms with Gasteiger partial charge in [-0.3, -0.25) is 4.79 Å². The number of halogens is 3. The van der Waals surface area contributed by atoms with Gasteiger partial charge in [0.1, 0.15) is 0 Å². The molecule has 0 amide bonds. The second kappa shape index (κ2) is 10.2. The van der Waals surface area contributed by atoms with Crippen LogP contribution in [0.15, 0.2) is 0 Å². The van der Waals surface area contributed by atoms with Crippen molar-refractivity contribution in [2.75, 3.05) is 7.11 Å². The lowest BCUT2D eigenvalue weighted by Crippen LogP contribution is -2.06. The van der Waals surface area contributed by atoms with Crippen LogP contribution >= 0.6 is 0 Å². The topological polar surface area (TPSA) is 26.3 Å². The zero-order chi connectivity index (χ0) is 13.9. The van der Waals surface area contributed by atoms with Crippen LogP contribution in [-0.2, 0) is 9.53 Å². The summed E-state index contributed by atoms with van der Waals surface area (Å²) in [5, 5.41) is 0. The van der Waals surface area contributed by atoms with Gasteiger partial charge in [0, 0.05) is 12.8 Å². The molecule has 108 valence electrons. The summed E-state index contributed by atoms with van der Waals surface area (Å²) in [6.07, 6.45) is 2.43. The minimum Gasteiger partial charge on any atom is -0.469 e. The Bertz CT molecular complexity index is 215. The van der Waals surface area contributed by atoms with Gasteiger partial charge in [0.25, 0.3) is 0 Å². The first-order chi connectivity index (χ1) is 8.45. The molecule has 2 nitrogen and oxygen atoms in total. The van der Waals surface area contributed by atoms with Crippen molar-refractivity contribution < 1.29 is 22.7 Å². The summed E-state index contributed by atoms with van der Waals surface area (Å²) in [6, 6.07) is 0. The molecule has 0 N–H and O–H groups in total. The van der Waals surface area contributed by atoms with E-state index in [1.807, 2.05) is 0 Å². The van der Waals surface area contributed by atoms with Crippen LogP contribution in [0.1, 0.15) is 64.2 Å². The highest BCUT2D eigenvalue weighted by Gasteiger charge is 2.25. The number of esters is 1. The Morgan fingerprint density at radius 2 is 1.33 bits per heavy atom. The summed E-state index contributed by atoms with van der Waals surface area (Å²) in [5.74, 6) is -0.179. The van der Waals surface area contributed by atoms with E-state index in [1.165, 1.54) is 7.11 Å². The molecule has 0 radical (unpaired) electrons. The third-order valence-corrected chi connectivity index (χ3v) is 2.82. The number of methoxy groups -OCH3 is 1. The van der Waals surface area contributed by atoms with Crippen molar-refractivity contribution in [2.24, 2.45) is 0 Å². The van der Waals surface area contributed by atoms with Crippen molar-refractivity contribution in [2.45, 2.75) is 70.4 Å². The standard InChI is InChI=1S/C13H23F3O2/c1-18-12(17)10-8-6-4-2-3-5-7-9-11-13(14,15)16/h2-11H2,1H3. The minimum atomic E-state index is -4.01. The molecule has 0 aromatic heterocycles. The molecule has 18 heavy (non-hydrogen) atoms. The van der Waals surface area contributed by atoms with Crippen molar-refractivity contribution in [3.63, 3.8) is 0 Å². The Morgan fingerprint density at radius 3 is 1.78 bits per heavy atom. The predicted molar refractivity (Wildman–Crippen MR) is 64.2 cm³/mol. The Kier molecular flexibility index (Phi) is 9.79. The van der Waals surface area contributed by atoms with E-state index < -0.39 is 12.6 Å². The molecule has 0 spiro atoms. The molecule has 0 saturated carbocycles. The number of unbranched alkanes of at least 4 members (excludes halogenated alkanes) is 7. The molecule has 0 bridgehead atoms. The summed E-state index contributed by atoms with van der Waals surface area (Å²) in [4.78, 5) is 10.8. The van der Waals surface area contributed by atoms with Gasteiger partial charge in [-0.05, 0) is 12.8 Å². The Labute approximate surface area is 107 Å². The number of hydrogen-bond acceptors (Lipinski definition) is 2. The molecule has 0 aromatic carbocycles. The summed E-state index contributed by atoms with van der Waals surface area (Å²) in [5.41, 5.74) is 0. The Morgan fingerprint density at radius 1 is 0.889 bits per heavy atom. The average molecular weight is 268 g/mol. The summed E-state index contributed by atoms with van der Waals surface area (Å²) in [7, 11) is 1.38. The second-order valence-corrected chi connectivity index (χ2v) is 4.52. The minimum absolute atomic E-state index is 0.179. The van der Waals surface area contributed by atoms with Gasteiger partial charge >= 0.3 is 12.1 Å². The van der Waals surface area contributed by atoms with E-state index in [0.717, 1.165) is 38.5 Å². The summed E-state index contributed by atoms with van der Waals surface area (Å²) in [6.45, 7) is 0. The lowest BCUT2D eigenvalue weighted by atomic mass is 10.1. The highest BCUT2D eigenvalue weighted by atomic mass is 19.4. The van der Waals surface area contributed by atoms with Crippen LogP contribution < -0.4 is 0 Å². The molecule has 0 unspecified atom stereocenters. The zero-order valence-corrected chi connectivity index (χ0v) is 11.0. The van der Waals surface area contributed by atoms with Crippen molar-refractivity contribution in [3.05, 3.63) is 0 Å². The third kappa shape index (κ3) is 13.3. The van der Waals surface area contributed by atoms with Crippen molar-refractivity contribution in [3.8, 4) is 0 Å². The first-order valence-corrected chi connectivity index (χ1v) is 6.59. The van der Waals surface area contributed by atoms with Crippen molar-refractivity contribution >= 4 is 5.97 Å². The average Bonchev–Trinajstić information content (AvgIpc) is 2.29. The zero-order valence-electron chi connectivity index (χ0n) is 11.0. The van der Waals surface area contributed by atoms with E-state index >= 15 is 0 Å². The number of alkyl halides is 3. The highest BCUT2D eigenvalue weighted by molar-refractivity contribution is 5.68. The maximum absolute atomic E-state index is 11.8. The van der Waals surface area contributed by atoms with Crippen LogP contribution in [-0.4, -0.2) is 19.3 Å². The monoisotopic (exact) mass is 268 g/mol. The maximum Gasteiger partial charge on any atom is 0.389 e. The van der Waals surface area contributed by atoms with E-state index in [-0.39, 0.29) is 12.4 Å². The van der Waals surface area contributed by atoms with Crippen LogP contribution in [0.2, 0.25) is 0 Å². The molecule has 0 aromatic rings. The van der Waals surface area contributed by atoms with Crippen molar-refractivity contribution in [1.29, 1.82) is 0 Å². The summed E-state index contributed by atoms with van der Waals surface area (Å²) >= 11 is 0. The van der Waals surface area contributed by atoms with E-state index in [1.54, 1.807) is 0 Å². The molecule has 5 heteroatoms. The second-order valence-electron chi connectivity index (χ2n) is 4.52. The molecule has 0 aliphatic carbocycles. The molecule has 0 aliphatic rings. The predicted octanol–water partition coefficient (Wildman–Crippen LogP) is 4.62. The van der Waals surface area contributed by atoms with Gasteiger partial charge in [-0.2, -0.15) is 13.2 Å². The van der Waals surface area contributed by atoms with Crippen LogP contribution in [0.3, 0.4) is 0 Å². The maximum atomic E-state index is 11.8. The van der Waals surface area contributed by atoms with Crippen LogP contribution in [0, 0.1) is 0 Å². The first kappa shape index (κ1) is 17.3. The fraction of sp³-hybridized carbons (Fsp3) is 0.923. The molecule has 0 heterocycles. The quantitative estimate of drug-likeness (QED) is 0.427. The van der Waals surface area contributed by atoms with Gasteiger partial charge < -0.3 is 4.74 Å². The molecule has 0 rings (SSSR count). The van der Waals surface area contributed by atoms with Gasteiger partial charge in [0.15, 0.2) is 0 Å². The summed E-state index contributed by atoms with van der Waals surface area (Å²) < 4.78 is 40.0. The molecule has 0 saturated heterocycles. The van der Waals surface area contributed by atoms with Gasteiger partial charge in [-0.1, -0.05) is 38.5 Å².